The highest BCUT2D eigenvalue weighted by atomic mass is 79.9. The van der Waals surface area contributed by atoms with Crippen LogP contribution in [0.25, 0.3) is 0 Å². The zero-order valence-electron chi connectivity index (χ0n) is 10.9. The Bertz CT molecular complexity index is 422. The van der Waals surface area contributed by atoms with Gasteiger partial charge in [-0.05, 0) is 57.0 Å². The molecule has 18 heavy (non-hydrogen) atoms. The third kappa shape index (κ3) is 2.74. The van der Waals surface area contributed by atoms with Crippen molar-refractivity contribution < 1.29 is 0 Å². The van der Waals surface area contributed by atoms with Gasteiger partial charge in [-0.2, -0.15) is 0 Å². The Labute approximate surface area is 123 Å². The van der Waals surface area contributed by atoms with Crippen LogP contribution in [0.4, 0.5) is 0 Å². The molecule has 0 amide bonds. The van der Waals surface area contributed by atoms with Gasteiger partial charge in [0, 0.05) is 21.6 Å². The summed E-state index contributed by atoms with van der Waals surface area (Å²) < 4.78 is 1.09. The van der Waals surface area contributed by atoms with Gasteiger partial charge in [-0.1, -0.05) is 33.6 Å². The first-order valence-electron chi connectivity index (χ1n) is 6.45. The van der Waals surface area contributed by atoms with Crippen LogP contribution in [0.5, 0.6) is 0 Å². The molecule has 0 saturated carbocycles. The summed E-state index contributed by atoms with van der Waals surface area (Å²) in [5.74, 6) is 0.532. The fraction of sp³-hybridized carbons (Fsp3) is 0.571. The number of hydrogen-bond acceptors (Lipinski definition) is 2. The third-order valence-electron chi connectivity index (χ3n) is 3.81. The monoisotopic (exact) mass is 330 g/mol. The largest absolute Gasteiger partial charge is 0.330 e. The van der Waals surface area contributed by atoms with Crippen LogP contribution in [-0.4, -0.2) is 24.0 Å². The van der Waals surface area contributed by atoms with E-state index in [0.29, 0.717) is 18.0 Å². The van der Waals surface area contributed by atoms with Gasteiger partial charge in [-0.3, -0.25) is 4.90 Å². The van der Waals surface area contributed by atoms with Crippen LogP contribution >= 0.6 is 27.5 Å². The Balaban J connectivity index is 2.37. The third-order valence-corrected chi connectivity index (χ3v) is 4.73. The highest BCUT2D eigenvalue weighted by Gasteiger charge is 2.36. The molecule has 2 unspecified atom stereocenters. The second-order valence-electron chi connectivity index (χ2n) is 5.23. The van der Waals surface area contributed by atoms with Crippen molar-refractivity contribution in [1.82, 2.24) is 4.90 Å². The summed E-state index contributed by atoms with van der Waals surface area (Å²) in [6.07, 6.45) is 1.18. The number of nitrogens with zero attached hydrogens (tertiary/aromatic N) is 1. The molecule has 0 aromatic heterocycles. The first-order chi connectivity index (χ1) is 8.54. The molecule has 0 radical (unpaired) electrons. The van der Waals surface area contributed by atoms with Crippen molar-refractivity contribution in [1.29, 1.82) is 0 Å². The molecule has 0 spiro atoms. The van der Waals surface area contributed by atoms with Crippen LogP contribution in [-0.2, 0) is 0 Å². The van der Waals surface area contributed by atoms with Crippen LogP contribution < -0.4 is 5.73 Å². The molecule has 0 aliphatic carbocycles. The first kappa shape index (κ1) is 14.3. The van der Waals surface area contributed by atoms with Gasteiger partial charge in [0.25, 0.3) is 0 Å². The predicted octanol–water partition coefficient (Wildman–Crippen LogP) is 3.83. The van der Waals surface area contributed by atoms with E-state index in [1.165, 1.54) is 12.0 Å². The van der Waals surface area contributed by atoms with Crippen LogP contribution in [0.1, 0.15) is 31.9 Å². The van der Waals surface area contributed by atoms with E-state index in [1.54, 1.807) is 0 Å². The zero-order valence-corrected chi connectivity index (χ0v) is 13.2. The fourth-order valence-corrected chi connectivity index (χ4v) is 3.80. The van der Waals surface area contributed by atoms with E-state index in [4.69, 9.17) is 17.3 Å². The minimum Gasteiger partial charge on any atom is -0.330 e. The topological polar surface area (TPSA) is 29.3 Å². The van der Waals surface area contributed by atoms with Gasteiger partial charge in [-0.25, -0.2) is 0 Å². The maximum absolute atomic E-state index is 6.02. The van der Waals surface area contributed by atoms with Crippen molar-refractivity contribution in [2.45, 2.75) is 32.4 Å². The van der Waals surface area contributed by atoms with Crippen LogP contribution in [0.3, 0.4) is 0 Å². The molecule has 1 aliphatic rings. The van der Waals surface area contributed by atoms with Gasteiger partial charge in [0.1, 0.15) is 0 Å². The van der Waals surface area contributed by atoms with E-state index >= 15 is 0 Å². The quantitative estimate of drug-likeness (QED) is 0.912. The Hall–Kier alpha value is -0.0900. The maximum atomic E-state index is 6.02. The average Bonchev–Trinajstić information content (AvgIpc) is 2.72. The number of hydrogen-bond donors (Lipinski definition) is 1. The summed E-state index contributed by atoms with van der Waals surface area (Å²) in [6, 6.07) is 7.00. The molecule has 1 aliphatic heterocycles. The van der Waals surface area contributed by atoms with Gasteiger partial charge in [-0.15, -0.1) is 0 Å². The van der Waals surface area contributed by atoms with E-state index in [2.05, 4.69) is 40.7 Å². The van der Waals surface area contributed by atoms with E-state index in [0.717, 1.165) is 22.6 Å². The lowest BCUT2D eigenvalue weighted by Gasteiger charge is -2.32. The average molecular weight is 332 g/mol. The van der Waals surface area contributed by atoms with Crippen LogP contribution in [0.15, 0.2) is 22.7 Å². The normalized spacial score (nSPS) is 25.0. The number of rotatable bonds is 3. The van der Waals surface area contributed by atoms with Crippen molar-refractivity contribution in [2.75, 3.05) is 13.1 Å². The van der Waals surface area contributed by atoms with Crippen molar-refractivity contribution in [2.24, 2.45) is 11.7 Å². The standard InChI is InChI=1S/C14H20BrClN2/c1-9(2)18-6-5-10(8-17)14(18)12-4-3-11(16)7-13(12)15/h3-4,7,9-10,14H,5-6,8,17H2,1-2H3. The molecule has 1 fully saturated rings. The molecule has 2 N–H and O–H groups in total. The molecule has 2 atom stereocenters. The summed E-state index contributed by atoms with van der Waals surface area (Å²) >= 11 is 9.66. The highest BCUT2D eigenvalue weighted by molar-refractivity contribution is 9.10. The summed E-state index contributed by atoms with van der Waals surface area (Å²) in [4.78, 5) is 2.53. The molecule has 4 heteroatoms. The summed E-state index contributed by atoms with van der Waals surface area (Å²) in [5.41, 5.74) is 7.24. The van der Waals surface area contributed by atoms with Crippen LogP contribution in [0.2, 0.25) is 5.02 Å². The molecule has 1 aromatic rings. The summed E-state index contributed by atoms with van der Waals surface area (Å²) in [6.45, 7) is 6.35. The Morgan fingerprint density at radius 3 is 2.78 bits per heavy atom. The number of benzene rings is 1. The number of likely N-dealkylation sites (tertiary alicyclic amines) is 1. The first-order valence-corrected chi connectivity index (χ1v) is 7.62. The van der Waals surface area contributed by atoms with Gasteiger partial charge >= 0.3 is 0 Å². The van der Waals surface area contributed by atoms with Crippen molar-refractivity contribution in [3.05, 3.63) is 33.3 Å². The van der Waals surface area contributed by atoms with Gasteiger partial charge in [0.05, 0.1) is 0 Å². The molecule has 1 heterocycles. The molecule has 2 nitrogen and oxygen atoms in total. The molecule has 2 rings (SSSR count). The Morgan fingerprint density at radius 2 is 2.22 bits per heavy atom. The number of nitrogens with two attached hydrogens (primary N) is 1. The maximum Gasteiger partial charge on any atom is 0.0417 e. The van der Waals surface area contributed by atoms with Crippen molar-refractivity contribution in [3.63, 3.8) is 0 Å². The minimum absolute atomic E-state index is 0.404. The lowest BCUT2D eigenvalue weighted by molar-refractivity contribution is 0.184. The Morgan fingerprint density at radius 1 is 1.50 bits per heavy atom. The minimum atomic E-state index is 0.404. The van der Waals surface area contributed by atoms with E-state index < -0.39 is 0 Å². The molecule has 100 valence electrons. The Kier molecular flexibility index (Phi) is 4.70. The van der Waals surface area contributed by atoms with Gasteiger partial charge < -0.3 is 5.73 Å². The van der Waals surface area contributed by atoms with Gasteiger partial charge in [0.15, 0.2) is 0 Å². The molecule has 1 saturated heterocycles. The molecular formula is C14H20BrClN2. The second-order valence-corrected chi connectivity index (χ2v) is 6.52. The van der Waals surface area contributed by atoms with Crippen molar-refractivity contribution in [3.8, 4) is 0 Å². The summed E-state index contributed by atoms with van der Waals surface area (Å²) in [5, 5.41) is 0.768. The number of halogens is 2. The smallest absolute Gasteiger partial charge is 0.0417 e. The van der Waals surface area contributed by atoms with E-state index in [-0.39, 0.29) is 0 Å². The van der Waals surface area contributed by atoms with Crippen LogP contribution in [0, 0.1) is 5.92 Å². The molecule has 1 aromatic carbocycles. The molecular weight excluding hydrogens is 312 g/mol. The van der Waals surface area contributed by atoms with E-state index in [1.807, 2.05) is 12.1 Å². The van der Waals surface area contributed by atoms with Gasteiger partial charge in [0.2, 0.25) is 0 Å². The van der Waals surface area contributed by atoms with Crippen molar-refractivity contribution >= 4 is 27.5 Å². The zero-order chi connectivity index (χ0) is 13.3. The van der Waals surface area contributed by atoms with E-state index in [9.17, 15) is 0 Å². The summed E-state index contributed by atoms with van der Waals surface area (Å²) in [7, 11) is 0. The lowest BCUT2D eigenvalue weighted by Crippen LogP contribution is -2.33. The highest BCUT2D eigenvalue weighted by Crippen LogP contribution is 2.41. The SMILES string of the molecule is CC(C)N1CCC(CN)C1c1ccc(Cl)cc1Br. The second kappa shape index (κ2) is 5.91. The lowest BCUT2D eigenvalue weighted by atomic mass is 9.93. The molecule has 0 bridgehead atoms. The fourth-order valence-electron chi connectivity index (χ4n) is 2.88. The predicted molar refractivity (Wildman–Crippen MR) is 80.9 cm³/mol.